The van der Waals surface area contributed by atoms with Gasteiger partial charge in [0.25, 0.3) is 0 Å². The van der Waals surface area contributed by atoms with Crippen molar-refractivity contribution < 1.29 is 37.7 Å². The first-order valence-electron chi connectivity index (χ1n) is 16.3. The topological polar surface area (TPSA) is 132 Å². The molecule has 14 heteroatoms. The Morgan fingerprint density at radius 2 is 1.71 bits per heavy atom. The average Bonchev–Trinajstić information content (AvgIpc) is 3.01. The summed E-state index contributed by atoms with van der Waals surface area (Å²) in [6, 6.07) is 2.79. The van der Waals surface area contributed by atoms with E-state index in [1.54, 1.807) is 67.6 Å². The third kappa shape index (κ3) is 8.09. The van der Waals surface area contributed by atoms with Crippen molar-refractivity contribution in [3.63, 3.8) is 0 Å². The Kier molecular flexibility index (Phi) is 10.1. The summed E-state index contributed by atoms with van der Waals surface area (Å²) in [4.78, 5) is 50.5. The number of amides is 3. The van der Waals surface area contributed by atoms with Gasteiger partial charge in [0.1, 0.15) is 41.2 Å². The minimum atomic E-state index is -0.744. The molecule has 3 amide bonds. The molecule has 0 bridgehead atoms. The number of rotatable bonds is 4. The summed E-state index contributed by atoms with van der Waals surface area (Å²) in [5.41, 5.74) is 0.0570. The SMILES string of the molecule is Cc1c(-c2cc3cc(NC(=O)OC4CCCCC4N(C)C(=O)OC(C)(C)C)ncc3c(Cl)c2F)cnc2c1N(C(=O)OC(C)(C)C)CCO2. The maximum atomic E-state index is 15.9. The van der Waals surface area contributed by atoms with Gasteiger partial charge in [-0.2, -0.15) is 0 Å². The molecule has 264 valence electrons. The Bertz CT molecular complexity index is 1770. The van der Waals surface area contributed by atoms with Crippen LogP contribution >= 0.6 is 11.6 Å². The lowest BCUT2D eigenvalue weighted by atomic mass is 9.91. The summed E-state index contributed by atoms with van der Waals surface area (Å²) < 4.78 is 38.5. The van der Waals surface area contributed by atoms with Crippen molar-refractivity contribution in [1.82, 2.24) is 14.9 Å². The predicted molar refractivity (Wildman–Crippen MR) is 184 cm³/mol. The number of hydrogen-bond donors (Lipinski definition) is 1. The number of carbonyl (C=O) groups excluding carboxylic acids is 3. The van der Waals surface area contributed by atoms with Gasteiger partial charge in [-0.3, -0.25) is 10.2 Å². The molecule has 2 aliphatic rings. The number of halogens is 2. The second kappa shape index (κ2) is 13.9. The molecule has 1 N–H and O–H groups in total. The van der Waals surface area contributed by atoms with Gasteiger partial charge in [0.15, 0.2) is 0 Å². The molecule has 1 aliphatic carbocycles. The van der Waals surface area contributed by atoms with Crippen LogP contribution in [-0.2, 0) is 14.2 Å². The van der Waals surface area contributed by atoms with Gasteiger partial charge in [-0.15, -0.1) is 0 Å². The highest BCUT2D eigenvalue weighted by Gasteiger charge is 2.36. The van der Waals surface area contributed by atoms with Crippen LogP contribution in [0, 0.1) is 12.7 Å². The van der Waals surface area contributed by atoms with Crippen molar-refractivity contribution >= 4 is 52.2 Å². The Balaban J connectivity index is 1.40. The maximum Gasteiger partial charge on any atom is 0.415 e. The number of benzene rings is 1. The summed E-state index contributed by atoms with van der Waals surface area (Å²) in [6.07, 6.45) is 3.46. The van der Waals surface area contributed by atoms with Crippen molar-refractivity contribution in [3.8, 4) is 17.0 Å². The van der Waals surface area contributed by atoms with E-state index < -0.39 is 41.4 Å². The van der Waals surface area contributed by atoms with Crippen LogP contribution in [0.25, 0.3) is 21.9 Å². The van der Waals surface area contributed by atoms with Gasteiger partial charge in [0.05, 0.1) is 17.6 Å². The standard InChI is InChI=1S/C35H43ClFN5O7/c1-19-22(17-39-30-29(19)42(13-14-46-30)33(45)49-35(5,6)7)21-15-20-16-26(38-18-23(20)27(36)28(21)37)40-31(43)47-25-12-10-9-11-24(25)41(8)32(44)48-34(2,3)4/h15-18,24-25H,9-14H2,1-8H3,(H,38,40,43). The zero-order chi connectivity index (χ0) is 35.8. The molecule has 0 saturated heterocycles. The fourth-order valence-electron chi connectivity index (χ4n) is 6.00. The van der Waals surface area contributed by atoms with Gasteiger partial charge in [0, 0.05) is 36.0 Å². The predicted octanol–water partition coefficient (Wildman–Crippen LogP) is 8.26. The number of aromatic nitrogens is 2. The number of pyridine rings is 2. The lowest BCUT2D eigenvalue weighted by Crippen LogP contribution is -2.49. The molecule has 5 rings (SSSR count). The van der Waals surface area contributed by atoms with E-state index in [0.29, 0.717) is 40.4 Å². The average molecular weight is 700 g/mol. The Morgan fingerprint density at radius 1 is 1.02 bits per heavy atom. The zero-order valence-electron chi connectivity index (χ0n) is 29.1. The van der Waals surface area contributed by atoms with Crippen LogP contribution in [0.5, 0.6) is 5.88 Å². The number of carbonyl (C=O) groups is 3. The van der Waals surface area contributed by atoms with Crippen molar-refractivity contribution in [2.75, 3.05) is 30.4 Å². The molecule has 3 heterocycles. The van der Waals surface area contributed by atoms with Gasteiger partial charge < -0.3 is 23.8 Å². The maximum absolute atomic E-state index is 15.9. The molecule has 2 unspecified atom stereocenters. The third-order valence-corrected chi connectivity index (χ3v) is 8.61. The van der Waals surface area contributed by atoms with Crippen molar-refractivity contribution in [2.24, 2.45) is 0 Å². The molecular weight excluding hydrogens is 657 g/mol. The first-order valence-corrected chi connectivity index (χ1v) is 16.7. The van der Waals surface area contributed by atoms with E-state index in [9.17, 15) is 14.4 Å². The number of likely N-dealkylation sites (N-methyl/N-ethyl adjacent to an activating group) is 1. The summed E-state index contributed by atoms with van der Waals surface area (Å²) in [5.74, 6) is -0.306. The summed E-state index contributed by atoms with van der Waals surface area (Å²) >= 11 is 6.53. The lowest BCUT2D eigenvalue weighted by molar-refractivity contribution is -0.0123. The van der Waals surface area contributed by atoms with E-state index in [2.05, 4.69) is 15.3 Å². The van der Waals surface area contributed by atoms with E-state index in [4.69, 9.17) is 30.5 Å². The molecule has 49 heavy (non-hydrogen) atoms. The van der Waals surface area contributed by atoms with Crippen LogP contribution < -0.4 is 15.0 Å². The number of hydrogen-bond acceptors (Lipinski definition) is 9. The molecular formula is C35H43ClFN5O7. The van der Waals surface area contributed by atoms with Crippen LogP contribution in [0.15, 0.2) is 24.5 Å². The highest BCUT2D eigenvalue weighted by molar-refractivity contribution is 6.36. The van der Waals surface area contributed by atoms with Crippen molar-refractivity contribution in [2.45, 2.75) is 97.5 Å². The highest BCUT2D eigenvalue weighted by atomic mass is 35.5. The summed E-state index contributed by atoms with van der Waals surface area (Å²) in [7, 11) is 1.64. The van der Waals surface area contributed by atoms with E-state index in [1.807, 2.05) is 0 Å². The molecule has 12 nitrogen and oxygen atoms in total. The quantitative estimate of drug-likeness (QED) is 0.267. The molecule has 1 saturated carbocycles. The molecule has 1 aliphatic heterocycles. The number of nitrogens with zero attached hydrogens (tertiary/aromatic N) is 4. The fourth-order valence-corrected chi connectivity index (χ4v) is 6.26. The lowest BCUT2D eigenvalue weighted by Gasteiger charge is -2.37. The molecule has 1 fully saturated rings. The highest BCUT2D eigenvalue weighted by Crippen LogP contribution is 2.42. The molecule has 0 radical (unpaired) electrons. The second-order valence-electron chi connectivity index (χ2n) is 14.3. The number of ether oxygens (including phenoxy) is 4. The largest absolute Gasteiger partial charge is 0.474 e. The Labute approximate surface area is 290 Å². The van der Waals surface area contributed by atoms with Crippen molar-refractivity contribution in [1.29, 1.82) is 0 Å². The molecule has 3 aromatic rings. The van der Waals surface area contributed by atoms with E-state index in [-0.39, 0.29) is 41.5 Å². The van der Waals surface area contributed by atoms with E-state index >= 15 is 4.39 Å². The molecule has 2 aromatic heterocycles. The van der Waals surface area contributed by atoms with Crippen molar-refractivity contribution in [3.05, 3.63) is 40.9 Å². The van der Waals surface area contributed by atoms with Crippen LogP contribution in [0.1, 0.15) is 72.8 Å². The Hall–Kier alpha value is -4.39. The number of anilines is 2. The van der Waals surface area contributed by atoms with Crippen LogP contribution in [0.2, 0.25) is 5.02 Å². The van der Waals surface area contributed by atoms with Crippen LogP contribution in [0.3, 0.4) is 0 Å². The monoisotopic (exact) mass is 699 g/mol. The van der Waals surface area contributed by atoms with Crippen LogP contribution in [0.4, 0.5) is 30.3 Å². The number of nitrogens with one attached hydrogen (secondary N) is 1. The normalized spacial score (nSPS) is 17.9. The molecule has 2 atom stereocenters. The first kappa shape index (κ1) is 35.9. The molecule has 1 aromatic carbocycles. The summed E-state index contributed by atoms with van der Waals surface area (Å²) in [6.45, 7) is 12.9. The van der Waals surface area contributed by atoms with Gasteiger partial charge in [-0.25, -0.2) is 28.7 Å². The minimum absolute atomic E-state index is 0.134. The minimum Gasteiger partial charge on any atom is -0.474 e. The van der Waals surface area contributed by atoms with Crippen LogP contribution in [-0.4, -0.2) is 76.7 Å². The zero-order valence-corrected chi connectivity index (χ0v) is 29.9. The number of fused-ring (bicyclic) bond motifs is 2. The van der Waals surface area contributed by atoms with Gasteiger partial charge in [0.2, 0.25) is 5.88 Å². The van der Waals surface area contributed by atoms with Gasteiger partial charge in [-0.1, -0.05) is 18.0 Å². The summed E-state index contributed by atoms with van der Waals surface area (Å²) in [5, 5.41) is 3.31. The second-order valence-corrected chi connectivity index (χ2v) is 14.7. The fraction of sp³-hybridized carbons (Fsp3) is 0.514. The third-order valence-electron chi connectivity index (χ3n) is 8.24. The van der Waals surface area contributed by atoms with E-state index in [1.165, 1.54) is 22.2 Å². The van der Waals surface area contributed by atoms with Gasteiger partial charge >= 0.3 is 18.3 Å². The smallest absolute Gasteiger partial charge is 0.415 e. The van der Waals surface area contributed by atoms with Gasteiger partial charge in [-0.05, 0) is 90.8 Å². The van der Waals surface area contributed by atoms with E-state index in [0.717, 1.165) is 12.8 Å². The molecule has 0 spiro atoms. The first-order chi connectivity index (χ1) is 22.9. The Morgan fingerprint density at radius 3 is 2.41 bits per heavy atom.